The molecule has 0 radical (unpaired) electrons. The Bertz CT molecular complexity index is 384. The summed E-state index contributed by atoms with van der Waals surface area (Å²) in [6.45, 7) is 7.39. The Morgan fingerprint density at radius 3 is 3.05 bits per heavy atom. The van der Waals surface area contributed by atoms with Crippen molar-refractivity contribution in [3.8, 4) is 5.75 Å². The molecule has 1 saturated heterocycles. The number of nitrogens with zero attached hydrogens (tertiary/aromatic N) is 1. The smallest absolute Gasteiger partial charge is 0.123 e. The molecule has 1 aliphatic heterocycles. The molecule has 0 aromatic heterocycles. The molecule has 0 bridgehead atoms. The van der Waals surface area contributed by atoms with Gasteiger partial charge in [-0.2, -0.15) is 0 Å². The maximum Gasteiger partial charge on any atom is 0.123 e. The normalized spacial score (nSPS) is 20.4. The molecule has 1 fully saturated rings. The van der Waals surface area contributed by atoms with E-state index in [1.807, 2.05) is 25.2 Å². The molecular formula is C15H24N2O2. The zero-order valence-corrected chi connectivity index (χ0v) is 11.9. The summed E-state index contributed by atoms with van der Waals surface area (Å²) in [6, 6.07) is 8.69. The lowest BCUT2D eigenvalue weighted by Crippen LogP contribution is -2.45. The summed E-state index contributed by atoms with van der Waals surface area (Å²) >= 11 is 0. The van der Waals surface area contributed by atoms with Crippen LogP contribution in [0.2, 0.25) is 0 Å². The van der Waals surface area contributed by atoms with E-state index in [4.69, 9.17) is 9.47 Å². The number of ether oxygens (including phenoxy) is 2. The lowest BCUT2D eigenvalue weighted by atomic mass is 10.2. The van der Waals surface area contributed by atoms with Crippen LogP contribution in [-0.4, -0.2) is 50.9 Å². The minimum Gasteiger partial charge on any atom is -0.492 e. The second-order valence-corrected chi connectivity index (χ2v) is 4.95. The zero-order chi connectivity index (χ0) is 13.5. The van der Waals surface area contributed by atoms with Crippen molar-refractivity contribution in [1.82, 2.24) is 10.2 Å². The number of hydrogen-bond acceptors (Lipinski definition) is 4. The van der Waals surface area contributed by atoms with Crippen LogP contribution in [0.3, 0.4) is 0 Å². The summed E-state index contributed by atoms with van der Waals surface area (Å²) in [4.78, 5) is 2.42. The van der Waals surface area contributed by atoms with E-state index < -0.39 is 0 Å². The van der Waals surface area contributed by atoms with E-state index in [1.165, 1.54) is 5.56 Å². The fourth-order valence-electron chi connectivity index (χ4n) is 2.35. The molecule has 106 valence electrons. The predicted molar refractivity (Wildman–Crippen MR) is 76.6 cm³/mol. The Labute approximate surface area is 115 Å². The molecule has 2 rings (SSSR count). The lowest BCUT2D eigenvalue weighted by molar-refractivity contribution is -0.00518. The van der Waals surface area contributed by atoms with Crippen molar-refractivity contribution in [3.05, 3.63) is 29.8 Å². The minimum atomic E-state index is 0.491. The second kappa shape index (κ2) is 7.48. The lowest BCUT2D eigenvalue weighted by Gasteiger charge is -2.33. The molecule has 0 amide bonds. The van der Waals surface area contributed by atoms with E-state index in [2.05, 4.69) is 23.2 Å². The highest BCUT2D eigenvalue weighted by atomic mass is 16.5. The van der Waals surface area contributed by atoms with Crippen molar-refractivity contribution >= 4 is 0 Å². The fourth-order valence-corrected chi connectivity index (χ4v) is 2.35. The van der Waals surface area contributed by atoms with E-state index in [0.717, 1.165) is 45.2 Å². The van der Waals surface area contributed by atoms with E-state index in [-0.39, 0.29) is 0 Å². The molecule has 1 atom stereocenters. The topological polar surface area (TPSA) is 33.7 Å². The quantitative estimate of drug-likeness (QED) is 0.844. The van der Waals surface area contributed by atoms with Gasteiger partial charge < -0.3 is 14.8 Å². The third-order valence-corrected chi connectivity index (χ3v) is 3.48. The van der Waals surface area contributed by atoms with Gasteiger partial charge in [-0.3, -0.25) is 4.90 Å². The third kappa shape index (κ3) is 4.20. The Morgan fingerprint density at radius 1 is 1.42 bits per heavy atom. The number of benzene rings is 1. The Hall–Kier alpha value is -1.10. The molecule has 0 aliphatic carbocycles. The zero-order valence-electron chi connectivity index (χ0n) is 11.9. The van der Waals surface area contributed by atoms with Crippen LogP contribution in [-0.2, 0) is 11.3 Å². The van der Waals surface area contributed by atoms with E-state index in [0.29, 0.717) is 6.04 Å². The monoisotopic (exact) mass is 264 g/mol. The Balaban J connectivity index is 1.81. The molecule has 1 heterocycles. The maximum atomic E-state index is 5.92. The van der Waals surface area contributed by atoms with E-state index >= 15 is 0 Å². The summed E-state index contributed by atoms with van der Waals surface area (Å²) in [7, 11) is 1.95. The number of morpholine rings is 1. The van der Waals surface area contributed by atoms with Gasteiger partial charge >= 0.3 is 0 Å². The van der Waals surface area contributed by atoms with Gasteiger partial charge in [0.25, 0.3) is 0 Å². The molecule has 1 N–H and O–H groups in total. The van der Waals surface area contributed by atoms with Gasteiger partial charge in [-0.25, -0.2) is 0 Å². The van der Waals surface area contributed by atoms with Gasteiger partial charge in [0.2, 0.25) is 0 Å². The van der Waals surface area contributed by atoms with Crippen molar-refractivity contribution in [2.75, 3.05) is 40.0 Å². The number of hydrogen-bond donors (Lipinski definition) is 1. The van der Waals surface area contributed by atoms with Crippen molar-refractivity contribution in [2.45, 2.75) is 19.5 Å². The van der Waals surface area contributed by atoms with Gasteiger partial charge in [0, 0.05) is 31.2 Å². The van der Waals surface area contributed by atoms with E-state index in [9.17, 15) is 0 Å². The number of rotatable bonds is 6. The van der Waals surface area contributed by atoms with Crippen molar-refractivity contribution in [3.63, 3.8) is 0 Å². The van der Waals surface area contributed by atoms with Crippen LogP contribution >= 0.6 is 0 Å². The van der Waals surface area contributed by atoms with Crippen LogP contribution in [0.15, 0.2) is 24.3 Å². The Kier molecular flexibility index (Phi) is 5.63. The second-order valence-electron chi connectivity index (χ2n) is 4.95. The molecule has 4 heteroatoms. The molecule has 1 aromatic rings. The highest BCUT2D eigenvalue weighted by Crippen LogP contribution is 2.17. The molecular weight excluding hydrogens is 240 g/mol. The van der Waals surface area contributed by atoms with Crippen LogP contribution in [0, 0.1) is 0 Å². The standard InChI is InChI=1S/C15H24N2O2/c1-13-12-18-9-7-17(13)8-10-19-15-6-4-3-5-14(15)11-16-2/h3-6,13,16H,7-12H2,1-2H3. The largest absolute Gasteiger partial charge is 0.492 e. The Morgan fingerprint density at radius 2 is 2.26 bits per heavy atom. The summed E-state index contributed by atoms with van der Waals surface area (Å²) in [5, 5.41) is 3.16. The average Bonchev–Trinajstić information content (AvgIpc) is 2.43. The van der Waals surface area contributed by atoms with Gasteiger partial charge in [0.15, 0.2) is 0 Å². The van der Waals surface area contributed by atoms with Crippen molar-refractivity contribution < 1.29 is 9.47 Å². The van der Waals surface area contributed by atoms with Gasteiger partial charge in [0.1, 0.15) is 12.4 Å². The first-order valence-corrected chi connectivity index (χ1v) is 6.98. The predicted octanol–water partition coefficient (Wildman–Crippen LogP) is 1.51. The molecule has 19 heavy (non-hydrogen) atoms. The van der Waals surface area contributed by atoms with E-state index in [1.54, 1.807) is 0 Å². The van der Waals surface area contributed by atoms with Gasteiger partial charge in [-0.1, -0.05) is 18.2 Å². The summed E-state index contributed by atoms with van der Waals surface area (Å²) in [6.07, 6.45) is 0. The number of nitrogens with one attached hydrogen (secondary N) is 1. The van der Waals surface area contributed by atoms with Crippen LogP contribution in [0.25, 0.3) is 0 Å². The highest BCUT2D eigenvalue weighted by Gasteiger charge is 2.18. The van der Waals surface area contributed by atoms with Gasteiger partial charge in [-0.15, -0.1) is 0 Å². The van der Waals surface area contributed by atoms with Gasteiger partial charge in [-0.05, 0) is 20.0 Å². The molecule has 1 aromatic carbocycles. The SMILES string of the molecule is CNCc1ccccc1OCCN1CCOCC1C. The summed E-state index contributed by atoms with van der Waals surface area (Å²) in [5.74, 6) is 0.984. The minimum absolute atomic E-state index is 0.491. The van der Waals surface area contributed by atoms with Gasteiger partial charge in [0.05, 0.1) is 13.2 Å². The summed E-state index contributed by atoms with van der Waals surface area (Å²) in [5.41, 5.74) is 1.21. The molecule has 0 saturated carbocycles. The first-order chi connectivity index (χ1) is 9.31. The van der Waals surface area contributed by atoms with Crippen LogP contribution in [0.5, 0.6) is 5.75 Å². The van der Waals surface area contributed by atoms with Crippen LogP contribution in [0.1, 0.15) is 12.5 Å². The first kappa shape index (κ1) is 14.3. The molecule has 1 unspecified atom stereocenters. The maximum absolute atomic E-state index is 5.92. The molecule has 4 nitrogen and oxygen atoms in total. The van der Waals surface area contributed by atoms with Crippen LogP contribution in [0.4, 0.5) is 0 Å². The first-order valence-electron chi connectivity index (χ1n) is 6.98. The molecule has 0 spiro atoms. The van der Waals surface area contributed by atoms with Crippen LogP contribution < -0.4 is 10.1 Å². The van der Waals surface area contributed by atoms with Crippen molar-refractivity contribution in [1.29, 1.82) is 0 Å². The fraction of sp³-hybridized carbons (Fsp3) is 0.600. The highest BCUT2D eigenvalue weighted by molar-refractivity contribution is 5.33. The average molecular weight is 264 g/mol. The summed E-state index contributed by atoms with van der Waals surface area (Å²) < 4.78 is 11.4. The third-order valence-electron chi connectivity index (χ3n) is 3.48. The van der Waals surface area contributed by atoms with Crippen molar-refractivity contribution in [2.24, 2.45) is 0 Å². The number of para-hydroxylation sites is 1. The molecule has 1 aliphatic rings.